The van der Waals surface area contributed by atoms with Crippen molar-refractivity contribution in [3.8, 4) is 11.4 Å². The molecule has 1 aromatic carbocycles. The number of aromatic nitrogens is 2. The molecular formula is C13H13FIN3O. The number of hydrogen-bond acceptors (Lipinski definition) is 4. The zero-order valence-corrected chi connectivity index (χ0v) is 12.7. The predicted octanol–water partition coefficient (Wildman–Crippen LogP) is 2.92. The summed E-state index contributed by atoms with van der Waals surface area (Å²) >= 11 is 2.09. The number of nitrogen functional groups attached to an aromatic ring is 1. The molecule has 0 atom stereocenters. The zero-order chi connectivity index (χ0) is 14.0. The summed E-state index contributed by atoms with van der Waals surface area (Å²) in [5.41, 5.74) is 8.14. The molecule has 19 heavy (non-hydrogen) atoms. The maximum atomic E-state index is 13.1. The van der Waals surface area contributed by atoms with E-state index in [4.69, 9.17) is 10.5 Å². The van der Waals surface area contributed by atoms with Crippen LogP contribution in [-0.2, 0) is 11.3 Å². The fourth-order valence-electron chi connectivity index (χ4n) is 1.74. The molecule has 2 rings (SSSR count). The van der Waals surface area contributed by atoms with Crippen LogP contribution >= 0.6 is 22.6 Å². The molecule has 2 N–H and O–H groups in total. The number of nitrogens with two attached hydrogens (primary N) is 1. The van der Waals surface area contributed by atoms with Crippen LogP contribution in [0.2, 0.25) is 0 Å². The van der Waals surface area contributed by atoms with Crippen molar-refractivity contribution < 1.29 is 9.13 Å². The highest BCUT2D eigenvalue weighted by molar-refractivity contribution is 14.1. The highest BCUT2D eigenvalue weighted by Gasteiger charge is 2.13. The lowest BCUT2D eigenvalue weighted by molar-refractivity contribution is 0.181. The Hall–Kier alpha value is -1.28. The van der Waals surface area contributed by atoms with Crippen molar-refractivity contribution >= 4 is 28.4 Å². The quantitative estimate of drug-likeness (QED) is 0.841. The van der Waals surface area contributed by atoms with Gasteiger partial charge in [0.15, 0.2) is 5.82 Å². The molecule has 0 saturated carbocycles. The second-order valence-electron chi connectivity index (χ2n) is 4.09. The Morgan fingerprint density at radius 1 is 1.37 bits per heavy atom. The van der Waals surface area contributed by atoms with Gasteiger partial charge in [-0.05, 0) is 53.3 Å². The molecular weight excluding hydrogens is 360 g/mol. The van der Waals surface area contributed by atoms with E-state index < -0.39 is 0 Å². The Balaban J connectivity index is 2.56. The van der Waals surface area contributed by atoms with Gasteiger partial charge in [-0.2, -0.15) is 0 Å². The van der Waals surface area contributed by atoms with Gasteiger partial charge in [-0.25, -0.2) is 14.4 Å². The highest BCUT2D eigenvalue weighted by atomic mass is 127. The van der Waals surface area contributed by atoms with E-state index in [2.05, 4.69) is 32.6 Å². The van der Waals surface area contributed by atoms with Gasteiger partial charge in [0, 0.05) is 12.7 Å². The van der Waals surface area contributed by atoms with Crippen molar-refractivity contribution in [3.05, 3.63) is 38.8 Å². The third-order valence-electron chi connectivity index (χ3n) is 2.66. The van der Waals surface area contributed by atoms with Crippen LogP contribution in [-0.4, -0.2) is 17.1 Å². The van der Waals surface area contributed by atoms with E-state index in [9.17, 15) is 4.39 Å². The molecule has 4 nitrogen and oxygen atoms in total. The van der Waals surface area contributed by atoms with E-state index in [1.165, 1.54) is 12.1 Å². The first-order valence-electron chi connectivity index (χ1n) is 5.60. The summed E-state index contributed by atoms with van der Waals surface area (Å²) < 4.78 is 19.0. The average molecular weight is 373 g/mol. The second-order valence-corrected chi connectivity index (χ2v) is 5.16. The van der Waals surface area contributed by atoms with Crippen molar-refractivity contribution in [2.75, 3.05) is 12.8 Å². The minimum absolute atomic E-state index is 0.281. The van der Waals surface area contributed by atoms with E-state index in [0.29, 0.717) is 18.2 Å². The lowest BCUT2D eigenvalue weighted by Crippen LogP contribution is -2.06. The van der Waals surface area contributed by atoms with Gasteiger partial charge >= 0.3 is 0 Å². The number of ether oxygens (including phenoxy) is 1. The van der Waals surface area contributed by atoms with Crippen molar-refractivity contribution in [3.63, 3.8) is 0 Å². The molecule has 0 bridgehead atoms. The molecule has 0 aliphatic carbocycles. The van der Waals surface area contributed by atoms with Gasteiger partial charge in [-0.1, -0.05) is 0 Å². The highest BCUT2D eigenvalue weighted by Crippen LogP contribution is 2.25. The molecule has 0 spiro atoms. The molecule has 0 saturated heterocycles. The number of anilines is 1. The van der Waals surface area contributed by atoms with Gasteiger partial charge in [0.2, 0.25) is 0 Å². The first-order valence-corrected chi connectivity index (χ1v) is 6.68. The van der Waals surface area contributed by atoms with Crippen molar-refractivity contribution in [1.29, 1.82) is 0 Å². The number of rotatable bonds is 3. The average Bonchev–Trinajstić information content (AvgIpc) is 2.35. The number of nitrogens with zero attached hydrogens (tertiary/aromatic N) is 2. The van der Waals surface area contributed by atoms with Gasteiger partial charge in [-0.15, -0.1) is 0 Å². The lowest BCUT2D eigenvalue weighted by Gasteiger charge is -2.10. The molecule has 1 aromatic heterocycles. The number of benzene rings is 1. The first kappa shape index (κ1) is 14.1. The monoisotopic (exact) mass is 373 g/mol. The van der Waals surface area contributed by atoms with Crippen LogP contribution < -0.4 is 5.73 Å². The SMILES string of the molecule is COCc1nc(-c2ccc(F)cc2C)nc(N)c1I. The summed E-state index contributed by atoms with van der Waals surface area (Å²) in [5, 5.41) is 0. The van der Waals surface area contributed by atoms with Crippen molar-refractivity contribution in [2.24, 2.45) is 0 Å². The predicted molar refractivity (Wildman–Crippen MR) is 80.0 cm³/mol. The first-order chi connectivity index (χ1) is 9.02. The fourth-order valence-corrected chi connectivity index (χ4v) is 2.14. The van der Waals surface area contributed by atoms with Crippen molar-refractivity contribution in [1.82, 2.24) is 9.97 Å². The molecule has 0 unspecified atom stereocenters. The zero-order valence-electron chi connectivity index (χ0n) is 10.6. The number of methoxy groups -OCH3 is 1. The Morgan fingerprint density at radius 2 is 2.11 bits per heavy atom. The Bertz CT molecular complexity index is 619. The molecule has 1 heterocycles. The summed E-state index contributed by atoms with van der Waals surface area (Å²) in [5.74, 6) is 0.612. The lowest BCUT2D eigenvalue weighted by atomic mass is 10.1. The van der Waals surface area contributed by atoms with E-state index in [1.54, 1.807) is 13.2 Å². The molecule has 0 amide bonds. The van der Waals surface area contributed by atoms with Crippen LogP contribution in [0.1, 0.15) is 11.3 Å². The normalized spacial score (nSPS) is 10.7. The van der Waals surface area contributed by atoms with E-state index in [0.717, 1.165) is 20.4 Å². The van der Waals surface area contributed by atoms with Crippen LogP contribution in [0, 0.1) is 16.3 Å². The minimum Gasteiger partial charge on any atom is -0.383 e. The Labute approximate surface area is 124 Å². The second kappa shape index (κ2) is 5.79. The summed E-state index contributed by atoms with van der Waals surface area (Å²) in [4.78, 5) is 8.70. The number of halogens is 2. The van der Waals surface area contributed by atoms with Crippen LogP contribution in [0.3, 0.4) is 0 Å². The van der Waals surface area contributed by atoms with E-state index in [1.807, 2.05) is 6.92 Å². The summed E-state index contributed by atoms with van der Waals surface area (Å²) in [6, 6.07) is 4.49. The summed E-state index contributed by atoms with van der Waals surface area (Å²) in [6.45, 7) is 2.17. The van der Waals surface area contributed by atoms with Gasteiger partial charge in [-0.3, -0.25) is 0 Å². The van der Waals surface area contributed by atoms with Crippen LogP contribution in [0.4, 0.5) is 10.2 Å². The molecule has 0 fully saturated rings. The van der Waals surface area contributed by atoms with Crippen LogP contribution in [0.15, 0.2) is 18.2 Å². The molecule has 100 valence electrons. The molecule has 0 aliphatic heterocycles. The van der Waals surface area contributed by atoms with Gasteiger partial charge in [0.25, 0.3) is 0 Å². The van der Waals surface area contributed by atoms with Crippen LogP contribution in [0.25, 0.3) is 11.4 Å². The van der Waals surface area contributed by atoms with E-state index >= 15 is 0 Å². The molecule has 0 radical (unpaired) electrons. The smallest absolute Gasteiger partial charge is 0.162 e. The number of hydrogen-bond donors (Lipinski definition) is 1. The van der Waals surface area contributed by atoms with Gasteiger partial charge < -0.3 is 10.5 Å². The maximum Gasteiger partial charge on any atom is 0.162 e. The topological polar surface area (TPSA) is 61.0 Å². The summed E-state index contributed by atoms with van der Waals surface area (Å²) in [7, 11) is 1.59. The third kappa shape index (κ3) is 3.01. The Morgan fingerprint density at radius 3 is 2.74 bits per heavy atom. The largest absolute Gasteiger partial charge is 0.383 e. The standard InChI is InChI=1S/C13H13FIN3O/c1-7-5-8(14)3-4-9(7)13-17-10(6-19-2)11(15)12(16)18-13/h3-5H,6H2,1-2H3,(H2,16,17,18). The summed E-state index contributed by atoms with van der Waals surface area (Å²) in [6.07, 6.45) is 0. The van der Waals surface area contributed by atoms with Crippen molar-refractivity contribution in [2.45, 2.75) is 13.5 Å². The maximum absolute atomic E-state index is 13.1. The van der Waals surface area contributed by atoms with Gasteiger partial charge in [0.05, 0.1) is 15.9 Å². The number of aryl methyl sites for hydroxylation is 1. The van der Waals surface area contributed by atoms with Crippen LogP contribution in [0.5, 0.6) is 0 Å². The third-order valence-corrected chi connectivity index (χ3v) is 3.83. The molecule has 2 aromatic rings. The van der Waals surface area contributed by atoms with Gasteiger partial charge in [0.1, 0.15) is 11.6 Å². The Kier molecular flexibility index (Phi) is 4.31. The molecule has 0 aliphatic rings. The minimum atomic E-state index is -0.281. The molecule has 6 heteroatoms. The van der Waals surface area contributed by atoms with E-state index in [-0.39, 0.29) is 5.82 Å². The fraction of sp³-hybridized carbons (Fsp3) is 0.231.